The van der Waals surface area contributed by atoms with Gasteiger partial charge in [-0.15, -0.1) is 0 Å². The maximum atomic E-state index is 12.5. The second-order valence-corrected chi connectivity index (χ2v) is 8.02. The highest BCUT2D eigenvalue weighted by Crippen LogP contribution is 2.27. The van der Waals surface area contributed by atoms with Crippen LogP contribution in [0.4, 0.5) is 4.79 Å². The average Bonchev–Trinajstić information content (AvgIpc) is 3.14. The van der Waals surface area contributed by atoms with Gasteiger partial charge in [0.25, 0.3) is 0 Å². The normalized spacial score (nSPS) is 24.9. The van der Waals surface area contributed by atoms with Crippen molar-refractivity contribution < 1.29 is 9.59 Å². The summed E-state index contributed by atoms with van der Waals surface area (Å²) < 4.78 is 0. The molecule has 136 valence electrons. The van der Waals surface area contributed by atoms with Gasteiger partial charge in [-0.1, -0.05) is 6.92 Å². The van der Waals surface area contributed by atoms with Crippen LogP contribution in [0.1, 0.15) is 45.4 Å². The summed E-state index contributed by atoms with van der Waals surface area (Å²) in [6.45, 7) is 8.36. The number of nitrogens with zero attached hydrogens (tertiary/aromatic N) is 2. The number of nitrogens with one attached hydrogen (secondary N) is 2. The van der Waals surface area contributed by atoms with Crippen LogP contribution in [0.15, 0.2) is 0 Å². The average molecular weight is 336 g/mol. The van der Waals surface area contributed by atoms with Crippen molar-refractivity contribution in [3.05, 3.63) is 0 Å². The Labute approximate surface area is 145 Å². The van der Waals surface area contributed by atoms with Gasteiger partial charge in [-0.05, 0) is 57.0 Å². The smallest absolute Gasteiger partial charge is 0.319 e. The minimum absolute atomic E-state index is 0.0675. The molecular weight excluding hydrogens is 304 g/mol. The number of carbonyl (C=O) groups excluding carboxylic acids is 2. The summed E-state index contributed by atoms with van der Waals surface area (Å²) in [6, 6.07) is 0.175. The Bertz CT molecular complexity index is 448. The molecule has 6 nitrogen and oxygen atoms in total. The van der Waals surface area contributed by atoms with E-state index in [1.165, 1.54) is 0 Å². The zero-order valence-corrected chi connectivity index (χ0v) is 15.0. The molecule has 6 heteroatoms. The van der Waals surface area contributed by atoms with Crippen molar-refractivity contribution in [1.82, 2.24) is 20.4 Å². The molecule has 0 saturated carbocycles. The standard InChI is InChI=1S/C18H32N4O2/c1-18(6-8-19-9-7-18)14-20-16(23)15-4-12-22(13-5-15)17(24)21-10-2-3-11-21/h15,19H,2-14H2,1H3,(H,20,23). The molecular formula is C18H32N4O2. The lowest BCUT2D eigenvalue weighted by Gasteiger charge is -2.36. The number of urea groups is 1. The molecule has 3 rings (SSSR count). The van der Waals surface area contributed by atoms with E-state index in [1.807, 2.05) is 9.80 Å². The number of carbonyl (C=O) groups is 2. The number of likely N-dealkylation sites (tertiary alicyclic amines) is 2. The van der Waals surface area contributed by atoms with Crippen LogP contribution in [0, 0.1) is 11.3 Å². The van der Waals surface area contributed by atoms with E-state index in [4.69, 9.17) is 0 Å². The summed E-state index contributed by atoms with van der Waals surface area (Å²) in [5, 5.41) is 6.56. The molecule has 2 N–H and O–H groups in total. The molecule has 0 radical (unpaired) electrons. The third-order valence-electron chi connectivity index (χ3n) is 6.01. The summed E-state index contributed by atoms with van der Waals surface area (Å²) in [7, 11) is 0. The van der Waals surface area contributed by atoms with Gasteiger partial charge >= 0.3 is 6.03 Å². The maximum Gasteiger partial charge on any atom is 0.319 e. The van der Waals surface area contributed by atoms with Crippen LogP contribution >= 0.6 is 0 Å². The van der Waals surface area contributed by atoms with Gasteiger partial charge < -0.3 is 20.4 Å². The first-order valence-corrected chi connectivity index (χ1v) is 9.60. The summed E-state index contributed by atoms with van der Waals surface area (Å²) in [5.41, 5.74) is 0.229. The Hall–Kier alpha value is -1.30. The highest BCUT2D eigenvalue weighted by molar-refractivity contribution is 5.79. The molecule has 3 amide bonds. The van der Waals surface area contributed by atoms with Crippen LogP contribution in [0.25, 0.3) is 0 Å². The van der Waals surface area contributed by atoms with E-state index in [1.54, 1.807) is 0 Å². The van der Waals surface area contributed by atoms with Crippen molar-refractivity contribution in [2.75, 3.05) is 45.8 Å². The first-order chi connectivity index (χ1) is 11.6. The molecule has 0 aliphatic carbocycles. The summed E-state index contributed by atoms with van der Waals surface area (Å²) in [5.74, 6) is 0.251. The van der Waals surface area contributed by atoms with Crippen molar-refractivity contribution in [1.29, 1.82) is 0 Å². The minimum Gasteiger partial charge on any atom is -0.355 e. The Morgan fingerprint density at radius 2 is 1.62 bits per heavy atom. The lowest BCUT2D eigenvalue weighted by molar-refractivity contribution is -0.126. The molecule has 3 saturated heterocycles. The molecule has 0 atom stereocenters. The van der Waals surface area contributed by atoms with Gasteiger partial charge in [0.05, 0.1) is 0 Å². The summed E-state index contributed by atoms with van der Waals surface area (Å²) >= 11 is 0. The third kappa shape index (κ3) is 4.21. The largest absolute Gasteiger partial charge is 0.355 e. The van der Waals surface area contributed by atoms with Crippen LogP contribution in [0.5, 0.6) is 0 Å². The van der Waals surface area contributed by atoms with Gasteiger partial charge in [0, 0.05) is 38.6 Å². The van der Waals surface area contributed by atoms with Crippen molar-refractivity contribution in [3.63, 3.8) is 0 Å². The predicted octanol–water partition coefficient (Wildman–Crippen LogP) is 1.42. The monoisotopic (exact) mass is 336 g/mol. The van der Waals surface area contributed by atoms with Crippen molar-refractivity contribution in [2.24, 2.45) is 11.3 Å². The number of amides is 3. The fourth-order valence-electron chi connectivity index (χ4n) is 4.09. The molecule has 3 aliphatic rings. The number of hydrogen-bond donors (Lipinski definition) is 2. The van der Waals surface area contributed by atoms with Crippen LogP contribution < -0.4 is 10.6 Å². The van der Waals surface area contributed by atoms with Gasteiger partial charge in [-0.2, -0.15) is 0 Å². The van der Waals surface area contributed by atoms with E-state index >= 15 is 0 Å². The molecule has 3 fully saturated rings. The maximum absolute atomic E-state index is 12.5. The van der Waals surface area contributed by atoms with E-state index < -0.39 is 0 Å². The summed E-state index contributed by atoms with van der Waals surface area (Å²) in [6.07, 6.45) is 6.08. The quantitative estimate of drug-likeness (QED) is 0.819. The molecule has 0 spiro atoms. The zero-order chi connectivity index (χ0) is 17.0. The number of piperidine rings is 2. The third-order valence-corrected chi connectivity index (χ3v) is 6.01. The van der Waals surface area contributed by atoms with E-state index in [2.05, 4.69) is 17.6 Å². The van der Waals surface area contributed by atoms with Crippen molar-refractivity contribution >= 4 is 11.9 Å². The zero-order valence-electron chi connectivity index (χ0n) is 15.0. The van der Waals surface area contributed by atoms with Gasteiger partial charge in [0.1, 0.15) is 0 Å². The second kappa shape index (κ2) is 7.72. The van der Waals surface area contributed by atoms with Crippen molar-refractivity contribution in [2.45, 2.75) is 45.4 Å². The fourth-order valence-corrected chi connectivity index (χ4v) is 4.09. The van der Waals surface area contributed by atoms with Crippen LogP contribution in [0.2, 0.25) is 0 Å². The molecule has 0 aromatic heterocycles. The second-order valence-electron chi connectivity index (χ2n) is 8.02. The van der Waals surface area contributed by atoms with Gasteiger partial charge in [0.2, 0.25) is 5.91 Å². The van der Waals surface area contributed by atoms with Crippen LogP contribution in [0.3, 0.4) is 0 Å². The highest BCUT2D eigenvalue weighted by Gasteiger charge is 2.32. The minimum atomic E-state index is 0.0675. The molecule has 0 aromatic rings. The summed E-state index contributed by atoms with van der Waals surface area (Å²) in [4.78, 5) is 28.8. The molecule has 0 aromatic carbocycles. The lowest BCUT2D eigenvalue weighted by atomic mass is 9.81. The van der Waals surface area contributed by atoms with Gasteiger partial charge in [0.15, 0.2) is 0 Å². The number of rotatable bonds is 3. The number of hydrogen-bond acceptors (Lipinski definition) is 3. The van der Waals surface area contributed by atoms with E-state index in [-0.39, 0.29) is 23.3 Å². The molecule has 3 aliphatic heterocycles. The van der Waals surface area contributed by atoms with Gasteiger partial charge in [-0.25, -0.2) is 4.79 Å². The van der Waals surface area contributed by atoms with Crippen LogP contribution in [-0.4, -0.2) is 67.6 Å². The van der Waals surface area contributed by atoms with E-state index in [0.717, 1.165) is 71.2 Å². The topological polar surface area (TPSA) is 64.7 Å². The first-order valence-electron chi connectivity index (χ1n) is 9.60. The Morgan fingerprint density at radius 3 is 2.25 bits per heavy atom. The molecule has 3 heterocycles. The lowest BCUT2D eigenvalue weighted by Crippen LogP contribution is -2.49. The van der Waals surface area contributed by atoms with E-state index in [9.17, 15) is 9.59 Å². The van der Waals surface area contributed by atoms with Crippen molar-refractivity contribution in [3.8, 4) is 0 Å². The van der Waals surface area contributed by atoms with Gasteiger partial charge in [-0.3, -0.25) is 4.79 Å². The highest BCUT2D eigenvalue weighted by atomic mass is 16.2. The fraction of sp³-hybridized carbons (Fsp3) is 0.889. The SMILES string of the molecule is CC1(CNC(=O)C2CCN(C(=O)N3CCCC3)CC2)CCNCC1. The molecule has 0 bridgehead atoms. The Kier molecular flexibility index (Phi) is 5.64. The Balaban J connectivity index is 1.40. The predicted molar refractivity (Wildman–Crippen MR) is 93.7 cm³/mol. The van der Waals surface area contributed by atoms with E-state index in [0.29, 0.717) is 13.1 Å². The Morgan fingerprint density at radius 1 is 1.04 bits per heavy atom. The molecule has 0 unspecified atom stereocenters. The molecule has 24 heavy (non-hydrogen) atoms. The van der Waals surface area contributed by atoms with Crippen LogP contribution in [-0.2, 0) is 4.79 Å². The first kappa shape index (κ1) is 17.5.